The number of phosphoric ester groups is 1. The van der Waals surface area contributed by atoms with Gasteiger partial charge < -0.3 is 15.0 Å². The number of aromatic amines is 1. The second kappa shape index (κ2) is 15.2. The van der Waals surface area contributed by atoms with Crippen molar-refractivity contribution in [3.63, 3.8) is 0 Å². The number of H-pyrrole nitrogens is 1. The third-order valence-electron chi connectivity index (χ3n) is 8.47. The predicted octanol–water partition coefficient (Wildman–Crippen LogP) is 6.97. The van der Waals surface area contributed by atoms with Gasteiger partial charge in [0.15, 0.2) is 11.2 Å². The standard InChI is InChI=1S/C31H40ClFN5O7P/c1-3-4-5-6-7-8-9-10-27(39)44-26-16-24(38-18-35-28-29(38)36-31(34)37-30(28)40)19(2)22(26)17-43-46(41)42-14-13-25(45-46)21-15-20(32)11-12-23(21)33/h11-12,15,18,22,24-26H,2-10,13-14,16-17H2,1H3,(H3,34,36,37,40)/t22-,24-,25+,26-,46?/m0/s1. The molecule has 1 unspecified atom stereocenters. The molecule has 1 saturated carbocycles. The first kappa shape index (κ1) is 34.3. The Balaban J connectivity index is 1.30. The van der Waals surface area contributed by atoms with Gasteiger partial charge in [0.1, 0.15) is 11.9 Å². The molecule has 1 aliphatic heterocycles. The van der Waals surface area contributed by atoms with Gasteiger partial charge in [0.05, 0.1) is 31.7 Å². The normalized spacial score (nSPS) is 24.9. The highest BCUT2D eigenvalue weighted by Crippen LogP contribution is 2.58. The molecule has 1 aliphatic carbocycles. The van der Waals surface area contributed by atoms with E-state index in [0.29, 0.717) is 17.0 Å². The number of nitrogens with zero attached hydrogens (tertiary/aromatic N) is 3. The summed E-state index contributed by atoms with van der Waals surface area (Å²) in [6.07, 6.45) is 8.04. The summed E-state index contributed by atoms with van der Waals surface area (Å²) < 4.78 is 52.7. The minimum Gasteiger partial charge on any atom is -0.462 e. The quantitative estimate of drug-likeness (QED) is 0.0788. The zero-order valence-electron chi connectivity index (χ0n) is 25.8. The number of rotatable bonds is 14. The molecule has 2 fully saturated rings. The van der Waals surface area contributed by atoms with Crippen molar-refractivity contribution >= 4 is 42.5 Å². The van der Waals surface area contributed by atoms with Gasteiger partial charge in [-0.25, -0.2) is 13.9 Å². The molecule has 1 aromatic carbocycles. The molecule has 46 heavy (non-hydrogen) atoms. The number of phosphoric acid groups is 1. The summed E-state index contributed by atoms with van der Waals surface area (Å²) in [5.41, 5.74) is 6.39. The number of hydrogen-bond donors (Lipinski definition) is 2. The highest BCUT2D eigenvalue weighted by Gasteiger charge is 2.45. The van der Waals surface area contributed by atoms with E-state index in [0.717, 1.165) is 19.3 Å². The van der Waals surface area contributed by atoms with Crippen LogP contribution in [0.2, 0.25) is 5.02 Å². The Morgan fingerprint density at radius 2 is 2.02 bits per heavy atom. The van der Waals surface area contributed by atoms with E-state index in [1.807, 2.05) is 0 Å². The van der Waals surface area contributed by atoms with Gasteiger partial charge in [-0.05, 0) is 30.2 Å². The van der Waals surface area contributed by atoms with Gasteiger partial charge in [-0.2, -0.15) is 4.98 Å². The molecule has 2 aliphatic rings. The maximum absolute atomic E-state index is 14.6. The minimum absolute atomic E-state index is 0.00165. The number of nitrogen functional groups attached to an aromatic ring is 1. The predicted molar refractivity (Wildman–Crippen MR) is 171 cm³/mol. The minimum atomic E-state index is -4.16. The molecule has 250 valence electrons. The Kier molecular flexibility index (Phi) is 11.3. The first-order chi connectivity index (χ1) is 22.1. The fraction of sp³-hybridized carbons (Fsp3) is 0.548. The Morgan fingerprint density at radius 1 is 1.26 bits per heavy atom. The van der Waals surface area contributed by atoms with Crippen molar-refractivity contribution in [1.82, 2.24) is 19.5 Å². The molecule has 3 aromatic rings. The Labute approximate surface area is 271 Å². The zero-order valence-corrected chi connectivity index (χ0v) is 27.4. The lowest BCUT2D eigenvalue weighted by atomic mass is 10.0. The summed E-state index contributed by atoms with van der Waals surface area (Å²) in [5, 5.41) is 0.307. The van der Waals surface area contributed by atoms with Crippen molar-refractivity contribution in [3.8, 4) is 0 Å². The largest absolute Gasteiger partial charge is 0.475 e. The van der Waals surface area contributed by atoms with Gasteiger partial charge in [0.2, 0.25) is 5.95 Å². The molecule has 3 N–H and O–H groups in total. The van der Waals surface area contributed by atoms with Gasteiger partial charge in [0, 0.05) is 35.8 Å². The van der Waals surface area contributed by atoms with E-state index in [1.54, 1.807) is 4.57 Å². The average Bonchev–Trinajstić information content (AvgIpc) is 3.57. The summed E-state index contributed by atoms with van der Waals surface area (Å²) in [6, 6.07) is 3.55. The summed E-state index contributed by atoms with van der Waals surface area (Å²) >= 11 is 6.06. The molecule has 5 atom stereocenters. The maximum Gasteiger partial charge on any atom is 0.475 e. The van der Waals surface area contributed by atoms with E-state index in [2.05, 4.69) is 28.5 Å². The Hall–Kier alpha value is -3.09. The highest BCUT2D eigenvalue weighted by molar-refractivity contribution is 7.48. The number of nitrogens with one attached hydrogen (secondary N) is 1. The van der Waals surface area contributed by atoms with Gasteiger partial charge in [-0.1, -0.05) is 63.6 Å². The van der Waals surface area contributed by atoms with Gasteiger partial charge in [0.25, 0.3) is 5.56 Å². The van der Waals surface area contributed by atoms with Crippen molar-refractivity contribution in [2.45, 2.75) is 89.4 Å². The number of carbonyl (C=O) groups is 1. The highest BCUT2D eigenvalue weighted by atomic mass is 35.5. The van der Waals surface area contributed by atoms with E-state index in [9.17, 15) is 18.5 Å². The van der Waals surface area contributed by atoms with E-state index >= 15 is 0 Å². The Bertz CT molecular complexity index is 1670. The summed E-state index contributed by atoms with van der Waals surface area (Å²) in [5.74, 6) is -1.61. The molecule has 2 aromatic heterocycles. The SMILES string of the molecule is C=C1[C@H](COP2(=O)OCC[C@H](c3cc(Cl)ccc3F)O2)[C@@H](OC(=O)CCCCCCCCC)C[C@@H]1n1cnc2c(=O)[nH]c(N)nc21. The first-order valence-electron chi connectivity index (χ1n) is 15.7. The number of fused-ring (bicyclic) bond motifs is 1. The molecule has 0 bridgehead atoms. The van der Waals surface area contributed by atoms with E-state index in [-0.39, 0.29) is 61.1 Å². The van der Waals surface area contributed by atoms with Crippen LogP contribution >= 0.6 is 19.4 Å². The van der Waals surface area contributed by atoms with Gasteiger partial charge >= 0.3 is 13.8 Å². The number of benzene rings is 1. The molecular formula is C31H40ClFN5O7P. The number of ether oxygens (including phenoxy) is 1. The lowest BCUT2D eigenvalue weighted by Crippen LogP contribution is -2.27. The lowest BCUT2D eigenvalue weighted by Gasteiger charge is -2.30. The summed E-state index contributed by atoms with van der Waals surface area (Å²) in [6.45, 7) is 6.21. The zero-order chi connectivity index (χ0) is 32.8. The number of halogens is 2. The van der Waals surface area contributed by atoms with E-state index in [1.165, 1.54) is 43.8 Å². The molecule has 0 radical (unpaired) electrons. The number of aromatic nitrogens is 4. The first-order valence-corrected chi connectivity index (χ1v) is 17.6. The molecule has 15 heteroatoms. The molecule has 5 rings (SSSR count). The van der Waals surface area contributed by atoms with Crippen LogP contribution < -0.4 is 11.3 Å². The topological polar surface area (TPSA) is 161 Å². The van der Waals surface area contributed by atoms with Crippen molar-refractivity contribution in [1.29, 1.82) is 0 Å². The monoisotopic (exact) mass is 679 g/mol. The van der Waals surface area contributed by atoms with Crippen LogP contribution in [0.15, 0.2) is 41.5 Å². The van der Waals surface area contributed by atoms with Crippen LogP contribution in [0.4, 0.5) is 10.3 Å². The van der Waals surface area contributed by atoms with Crippen molar-refractivity contribution in [2.24, 2.45) is 5.92 Å². The van der Waals surface area contributed by atoms with Crippen LogP contribution in [0.5, 0.6) is 0 Å². The lowest BCUT2D eigenvalue weighted by molar-refractivity contribution is -0.151. The number of anilines is 1. The van der Waals surface area contributed by atoms with Crippen LogP contribution in [0.1, 0.15) is 88.8 Å². The van der Waals surface area contributed by atoms with Crippen molar-refractivity contribution < 1.29 is 32.1 Å². The number of hydrogen-bond acceptors (Lipinski definition) is 10. The van der Waals surface area contributed by atoms with Crippen LogP contribution in [-0.4, -0.2) is 44.8 Å². The van der Waals surface area contributed by atoms with Gasteiger partial charge in [-0.3, -0.25) is 28.1 Å². The molecule has 1 saturated heterocycles. The van der Waals surface area contributed by atoms with Crippen molar-refractivity contribution in [3.05, 3.63) is 63.4 Å². The smallest absolute Gasteiger partial charge is 0.462 e. The van der Waals surface area contributed by atoms with Crippen LogP contribution in [0, 0.1) is 11.7 Å². The average molecular weight is 680 g/mol. The number of unbranched alkanes of at least 4 members (excludes halogenated alkanes) is 6. The molecular weight excluding hydrogens is 640 g/mol. The molecule has 3 heterocycles. The third-order valence-corrected chi connectivity index (χ3v) is 10.2. The second-order valence-electron chi connectivity index (χ2n) is 11.7. The summed E-state index contributed by atoms with van der Waals surface area (Å²) in [4.78, 5) is 36.3. The fourth-order valence-corrected chi connectivity index (χ4v) is 7.59. The third kappa shape index (κ3) is 8.06. The number of esters is 1. The second-order valence-corrected chi connectivity index (χ2v) is 13.8. The van der Waals surface area contributed by atoms with E-state index < -0.39 is 43.4 Å². The fourth-order valence-electron chi connectivity index (χ4n) is 6.01. The van der Waals surface area contributed by atoms with Crippen molar-refractivity contribution in [2.75, 3.05) is 18.9 Å². The molecule has 0 spiro atoms. The van der Waals surface area contributed by atoms with Crippen LogP contribution in [0.3, 0.4) is 0 Å². The van der Waals surface area contributed by atoms with E-state index in [4.69, 9.17) is 35.6 Å². The maximum atomic E-state index is 14.6. The molecule has 12 nitrogen and oxygen atoms in total. The van der Waals surface area contributed by atoms with Crippen LogP contribution in [0.25, 0.3) is 11.2 Å². The van der Waals surface area contributed by atoms with Gasteiger partial charge in [-0.15, -0.1) is 0 Å². The number of imidazole rings is 1. The number of carbonyl (C=O) groups excluding carboxylic acids is 1. The summed E-state index contributed by atoms with van der Waals surface area (Å²) in [7, 11) is -4.16. The van der Waals surface area contributed by atoms with Crippen LogP contribution in [-0.2, 0) is 27.7 Å². The Morgan fingerprint density at radius 3 is 2.80 bits per heavy atom. The number of nitrogens with two attached hydrogens (primary N) is 1. The molecule has 0 amide bonds.